The first-order chi connectivity index (χ1) is 5.00. The van der Waals surface area contributed by atoms with Crippen molar-refractivity contribution in [2.45, 2.75) is 6.18 Å². The maximum atomic E-state index is 12.2. The number of benzene rings is 1. The van der Waals surface area contributed by atoms with Crippen LogP contribution < -0.4 is 24.0 Å². The van der Waals surface area contributed by atoms with Crippen LogP contribution in [0, 0.1) is 11.9 Å². The van der Waals surface area contributed by atoms with Gasteiger partial charge in [-0.25, -0.2) is 0 Å². The smallest absolute Gasteiger partial charge is 1.00 e. The van der Waals surface area contributed by atoms with E-state index in [2.05, 4.69) is 0 Å². The van der Waals surface area contributed by atoms with Crippen molar-refractivity contribution in [2.75, 3.05) is 0 Å². The first-order valence-electron chi connectivity index (χ1n) is 2.74. The second kappa shape index (κ2) is 6.02. The Bertz CT molecular complexity index is 261. The van der Waals surface area contributed by atoms with Crippen LogP contribution in [0.2, 0.25) is 0 Å². The molecule has 6 heteroatoms. The monoisotopic (exact) mass is 314 g/mol. The van der Waals surface area contributed by atoms with E-state index in [1.54, 1.807) is 0 Å². The molecule has 1 aromatic carbocycles. The molecule has 13 heavy (non-hydrogen) atoms. The molecule has 0 aliphatic heterocycles. The fourth-order valence-corrected chi connectivity index (χ4v) is 0.607. The van der Waals surface area contributed by atoms with E-state index in [9.17, 15) is 17.6 Å². The van der Waals surface area contributed by atoms with E-state index in [1.165, 1.54) is 0 Å². The molecule has 0 atom stereocenters. The van der Waals surface area contributed by atoms with Crippen molar-refractivity contribution < 1.29 is 41.5 Å². The van der Waals surface area contributed by atoms with Gasteiger partial charge >= 0.3 is 29.2 Å². The van der Waals surface area contributed by atoms with Gasteiger partial charge in [0.15, 0.2) is 0 Å². The van der Waals surface area contributed by atoms with Crippen molar-refractivity contribution in [3.8, 4) is 0 Å². The molecule has 1 rings (SSSR count). The first-order valence-corrected chi connectivity index (χ1v) is 2.74. The van der Waals surface area contributed by atoms with E-state index in [0.29, 0.717) is 12.1 Å². The van der Waals surface area contributed by atoms with Crippen LogP contribution in [0.3, 0.4) is 0 Å². The van der Waals surface area contributed by atoms with E-state index in [-0.39, 0.29) is 47.0 Å². The average molecular weight is 314 g/mol. The number of rotatable bonds is 0. The molecule has 1 aromatic rings. The van der Waals surface area contributed by atoms with Crippen LogP contribution in [0.4, 0.5) is 17.6 Å². The molecule has 0 aromatic heterocycles. The Morgan fingerprint density at radius 2 is 1.69 bits per heavy atom. The van der Waals surface area contributed by atoms with Crippen LogP contribution in [0.1, 0.15) is 5.56 Å². The molecule has 0 aliphatic rings. The van der Waals surface area contributed by atoms with Crippen molar-refractivity contribution in [2.24, 2.45) is 0 Å². The summed E-state index contributed by atoms with van der Waals surface area (Å²) in [5.74, 6) is -0.931. The second-order valence-corrected chi connectivity index (χ2v) is 1.94. The fraction of sp³-hybridized carbons (Fsp3) is 0.143. The molecule has 0 bridgehead atoms. The number of hydrogen-bond donors (Lipinski definition) is 0. The number of hydrogen-bond acceptors (Lipinski definition) is 0. The molecule has 0 saturated carbocycles. The van der Waals surface area contributed by atoms with Crippen molar-refractivity contribution in [3.05, 3.63) is 35.6 Å². The van der Waals surface area contributed by atoms with Gasteiger partial charge in [0, 0.05) is 5.82 Å². The zero-order valence-electron chi connectivity index (χ0n) is 6.33. The summed E-state index contributed by atoms with van der Waals surface area (Å²) in [4.78, 5) is 0. The molecule has 0 amide bonds. The summed E-state index contributed by atoms with van der Waals surface area (Å²) in [7, 11) is 0. The van der Waals surface area contributed by atoms with Gasteiger partial charge in [-0.15, -0.1) is 12.1 Å². The van der Waals surface area contributed by atoms with Crippen LogP contribution in [0.5, 0.6) is 0 Å². The zero-order valence-corrected chi connectivity index (χ0v) is 9.90. The van der Waals surface area contributed by atoms with Crippen LogP contribution in [0.25, 0.3) is 0 Å². The molecular formula is C7H3F4IMg. The minimum absolute atomic E-state index is 0. The van der Waals surface area contributed by atoms with E-state index < -0.39 is 17.6 Å². The third kappa shape index (κ3) is 5.01. The van der Waals surface area contributed by atoms with Gasteiger partial charge in [0.2, 0.25) is 0 Å². The van der Waals surface area contributed by atoms with Gasteiger partial charge in [-0.1, -0.05) is 5.56 Å². The van der Waals surface area contributed by atoms with Crippen LogP contribution in [-0.2, 0) is 6.18 Å². The van der Waals surface area contributed by atoms with Gasteiger partial charge in [0.1, 0.15) is 0 Å². The Hall–Kier alpha value is 0.436. The zero-order chi connectivity index (χ0) is 8.48. The molecule has 0 aliphatic carbocycles. The van der Waals surface area contributed by atoms with Gasteiger partial charge in [-0.05, 0) is 0 Å². The summed E-state index contributed by atoms with van der Waals surface area (Å²) in [6.45, 7) is 0. The predicted molar refractivity (Wildman–Crippen MR) is 36.0 cm³/mol. The molecule has 0 N–H and O–H groups in total. The van der Waals surface area contributed by atoms with Crippen LogP contribution in [0.15, 0.2) is 18.2 Å². The molecule has 0 unspecified atom stereocenters. The van der Waals surface area contributed by atoms with Crippen LogP contribution >= 0.6 is 0 Å². The van der Waals surface area contributed by atoms with E-state index in [0.717, 1.165) is 6.07 Å². The Kier molecular flexibility index (Phi) is 7.36. The number of alkyl halides is 3. The largest absolute Gasteiger partial charge is 2.00 e. The van der Waals surface area contributed by atoms with Crippen molar-refractivity contribution in [1.29, 1.82) is 0 Å². The Labute approximate surface area is 106 Å². The fourth-order valence-electron chi connectivity index (χ4n) is 0.607. The normalized spacial score (nSPS) is 9.85. The minimum Gasteiger partial charge on any atom is -1.00 e. The van der Waals surface area contributed by atoms with E-state index >= 15 is 0 Å². The predicted octanol–water partition coefficient (Wildman–Crippen LogP) is -0.732. The van der Waals surface area contributed by atoms with Gasteiger partial charge in [-0.2, -0.15) is 25.3 Å². The third-order valence-electron chi connectivity index (χ3n) is 1.08. The molecule has 0 heterocycles. The molecule has 0 radical (unpaired) electrons. The first kappa shape index (κ1) is 15.9. The van der Waals surface area contributed by atoms with Crippen molar-refractivity contribution in [3.63, 3.8) is 0 Å². The van der Waals surface area contributed by atoms with E-state index in [1.807, 2.05) is 6.07 Å². The summed E-state index contributed by atoms with van der Waals surface area (Å²) in [6.07, 6.45) is -4.49. The summed E-state index contributed by atoms with van der Waals surface area (Å²) >= 11 is 0. The Morgan fingerprint density at radius 3 is 2.00 bits per heavy atom. The second-order valence-electron chi connectivity index (χ2n) is 1.94. The molecule has 68 valence electrons. The van der Waals surface area contributed by atoms with Gasteiger partial charge in [-0.3, -0.25) is 4.39 Å². The molecular weight excluding hydrogens is 311 g/mol. The Balaban J connectivity index is 0. The average Bonchev–Trinajstić information content (AvgIpc) is 1.86. The quantitative estimate of drug-likeness (QED) is 0.256. The van der Waals surface area contributed by atoms with Gasteiger partial charge < -0.3 is 24.0 Å². The number of halogens is 5. The van der Waals surface area contributed by atoms with Gasteiger partial charge in [0.05, 0.1) is 0 Å². The molecule has 0 nitrogen and oxygen atoms in total. The van der Waals surface area contributed by atoms with Crippen LogP contribution in [-0.4, -0.2) is 23.1 Å². The minimum atomic E-state index is -4.49. The summed E-state index contributed by atoms with van der Waals surface area (Å²) in [6, 6.07) is 4.01. The Morgan fingerprint density at radius 1 is 1.15 bits per heavy atom. The topological polar surface area (TPSA) is 0 Å². The maximum absolute atomic E-state index is 12.2. The summed E-state index contributed by atoms with van der Waals surface area (Å²) in [5, 5.41) is 0. The summed E-state index contributed by atoms with van der Waals surface area (Å²) < 4.78 is 47.5. The standard InChI is InChI=1S/C7H3F4.HI.Mg/c8-6-3-1-2-5(4-6)7(9,10)11;;/h2-4H;1H;/q-1;;+2/p-1. The van der Waals surface area contributed by atoms with Crippen molar-refractivity contribution >= 4 is 23.1 Å². The SMILES string of the molecule is Fc1c[c-]cc(C(F)(F)F)c1.[I-].[Mg+2]. The molecule has 0 fully saturated rings. The molecule has 0 spiro atoms. The molecule has 0 saturated heterocycles. The van der Waals surface area contributed by atoms with Crippen molar-refractivity contribution in [1.82, 2.24) is 0 Å². The maximum Gasteiger partial charge on any atom is 2.00 e. The van der Waals surface area contributed by atoms with E-state index in [4.69, 9.17) is 0 Å². The third-order valence-corrected chi connectivity index (χ3v) is 1.08. The van der Waals surface area contributed by atoms with Gasteiger partial charge in [0.25, 0.3) is 0 Å². The summed E-state index contributed by atoms with van der Waals surface area (Å²) in [5.41, 5.74) is -1.02.